The van der Waals surface area contributed by atoms with Crippen molar-refractivity contribution >= 4 is 23.7 Å². The first kappa shape index (κ1) is 19.7. The summed E-state index contributed by atoms with van der Waals surface area (Å²) in [5, 5.41) is 13.5. The third-order valence-electron chi connectivity index (χ3n) is 5.26. The van der Waals surface area contributed by atoms with Gasteiger partial charge >= 0.3 is 0 Å². The van der Waals surface area contributed by atoms with Gasteiger partial charge < -0.3 is 9.88 Å². The fourth-order valence-corrected chi connectivity index (χ4v) is 4.71. The summed E-state index contributed by atoms with van der Waals surface area (Å²) in [5.74, 6) is 2.86. The molecule has 0 saturated carbocycles. The van der Waals surface area contributed by atoms with Crippen LogP contribution >= 0.6 is 23.7 Å². The predicted molar refractivity (Wildman–Crippen MR) is 107 cm³/mol. The first-order valence-electron chi connectivity index (χ1n) is 9.31. The largest absolute Gasteiger partial charge is 0.312 e. The van der Waals surface area contributed by atoms with E-state index in [1.807, 2.05) is 11.3 Å². The number of thiazole rings is 1. The van der Waals surface area contributed by atoms with Crippen molar-refractivity contribution in [1.82, 2.24) is 30.0 Å². The molecule has 8 heteroatoms. The second-order valence-corrected chi connectivity index (χ2v) is 9.34. The molecule has 0 radical (unpaired) electrons. The lowest BCUT2D eigenvalue weighted by atomic mass is 9.95. The number of hydrogen-bond donors (Lipinski definition) is 1. The Balaban J connectivity index is 0.00000196. The van der Waals surface area contributed by atoms with Gasteiger partial charge in [-0.2, -0.15) is 0 Å². The maximum atomic E-state index is 4.65. The highest BCUT2D eigenvalue weighted by molar-refractivity contribution is 7.11. The number of hydrogen-bond acceptors (Lipinski definition) is 6. The van der Waals surface area contributed by atoms with Crippen LogP contribution in [0.4, 0.5) is 0 Å². The van der Waals surface area contributed by atoms with Gasteiger partial charge in [-0.15, -0.1) is 33.9 Å². The number of nitrogens with one attached hydrogen (secondary N) is 1. The molecule has 2 aromatic rings. The van der Waals surface area contributed by atoms with Crippen LogP contribution in [-0.4, -0.2) is 44.3 Å². The van der Waals surface area contributed by atoms with Gasteiger partial charge in [0.2, 0.25) is 0 Å². The van der Waals surface area contributed by atoms with E-state index in [9.17, 15) is 0 Å². The van der Waals surface area contributed by atoms with Gasteiger partial charge in [0.25, 0.3) is 0 Å². The van der Waals surface area contributed by atoms with E-state index in [0.29, 0.717) is 5.92 Å². The highest BCUT2D eigenvalue weighted by Gasteiger charge is 2.27. The minimum Gasteiger partial charge on any atom is -0.312 e. The molecule has 2 aromatic heterocycles. The summed E-state index contributed by atoms with van der Waals surface area (Å²) < 4.78 is 2.34. The molecule has 0 bridgehead atoms. The molecule has 1 fully saturated rings. The van der Waals surface area contributed by atoms with Crippen LogP contribution < -0.4 is 5.32 Å². The van der Waals surface area contributed by atoms with E-state index in [1.54, 1.807) is 0 Å². The van der Waals surface area contributed by atoms with E-state index in [-0.39, 0.29) is 17.8 Å². The normalized spacial score (nSPS) is 19.2. The monoisotopic (exact) mass is 396 g/mol. The predicted octanol–water partition coefficient (Wildman–Crippen LogP) is 2.94. The van der Waals surface area contributed by atoms with Crippen LogP contribution in [0.3, 0.4) is 0 Å². The van der Waals surface area contributed by atoms with E-state index in [0.717, 1.165) is 45.1 Å². The Bertz CT molecular complexity index is 726. The van der Waals surface area contributed by atoms with Crippen LogP contribution in [0, 0.1) is 0 Å². The van der Waals surface area contributed by atoms with Crippen molar-refractivity contribution in [3.8, 4) is 0 Å². The van der Waals surface area contributed by atoms with E-state index in [4.69, 9.17) is 0 Å². The summed E-state index contributed by atoms with van der Waals surface area (Å²) in [6.07, 6.45) is 4.40. The number of aromatic nitrogens is 4. The molecule has 0 aliphatic carbocycles. The van der Waals surface area contributed by atoms with Crippen LogP contribution in [0.5, 0.6) is 0 Å². The van der Waals surface area contributed by atoms with Gasteiger partial charge in [0.05, 0.1) is 13.1 Å². The number of fused-ring (bicyclic) bond motifs is 1. The molecule has 2 aliphatic rings. The molecule has 0 unspecified atom stereocenters. The number of nitrogens with zero attached hydrogens (tertiary/aromatic N) is 5. The average Bonchev–Trinajstić information content (AvgIpc) is 3.22. The summed E-state index contributed by atoms with van der Waals surface area (Å²) in [6, 6.07) is 0. The lowest BCUT2D eigenvalue weighted by Gasteiger charge is -2.31. The standard InChI is InChI=1S/C18H28N6S.ClH/c1-18(2,3)14-10-20-16(25-14)12-23-7-4-13(5-8-23)17-22-21-15-11-19-6-9-24(15)17;/h10,13,19H,4-9,11-12H2,1-3H3;1H. The van der Waals surface area contributed by atoms with Crippen LogP contribution in [0.15, 0.2) is 6.20 Å². The van der Waals surface area contributed by atoms with Gasteiger partial charge in [-0.3, -0.25) is 4.90 Å². The maximum Gasteiger partial charge on any atom is 0.147 e. The quantitative estimate of drug-likeness (QED) is 0.864. The molecule has 1 saturated heterocycles. The lowest BCUT2D eigenvalue weighted by molar-refractivity contribution is 0.199. The highest BCUT2D eigenvalue weighted by atomic mass is 35.5. The fraction of sp³-hybridized carbons (Fsp3) is 0.722. The van der Waals surface area contributed by atoms with E-state index >= 15 is 0 Å². The summed E-state index contributed by atoms with van der Waals surface area (Å²) in [7, 11) is 0. The molecule has 0 spiro atoms. The molecule has 1 N–H and O–H groups in total. The third kappa shape index (κ3) is 4.11. The van der Waals surface area contributed by atoms with Crippen LogP contribution in [0.25, 0.3) is 0 Å². The second-order valence-electron chi connectivity index (χ2n) is 8.22. The van der Waals surface area contributed by atoms with E-state index < -0.39 is 0 Å². The van der Waals surface area contributed by atoms with Crippen molar-refractivity contribution in [3.63, 3.8) is 0 Å². The Hall–Kier alpha value is -1.02. The maximum absolute atomic E-state index is 4.65. The number of likely N-dealkylation sites (tertiary alicyclic amines) is 1. The summed E-state index contributed by atoms with van der Waals surface area (Å²) in [5.41, 5.74) is 0.199. The molecule has 0 amide bonds. The zero-order chi connectivity index (χ0) is 17.4. The third-order valence-corrected chi connectivity index (χ3v) is 6.66. The van der Waals surface area contributed by atoms with Crippen LogP contribution in [0.2, 0.25) is 0 Å². The SMILES string of the molecule is CC(C)(C)c1cnc(CN2CCC(c3nnc4n3CCNC4)CC2)s1.Cl. The topological polar surface area (TPSA) is 58.9 Å². The van der Waals surface area contributed by atoms with Gasteiger partial charge in [-0.25, -0.2) is 4.98 Å². The zero-order valence-electron chi connectivity index (χ0n) is 15.9. The van der Waals surface area contributed by atoms with Crippen molar-refractivity contribution < 1.29 is 0 Å². The number of rotatable bonds is 3. The van der Waals surface area contributed by atoms with E-state index in [2.05, 4.69) is 56.9 Å². The summed E-state index contributed by atoms with van der Waals surface area (Å²) in [6.45, 7) is 12.9. The second kappa shape index (κ2) is 7.92. The smallest absolute Gasteiger partial charge is 0.147 e. The molecule has 4 rings (SSSR count). The average molecular weight is 397 g/mol. The first-order chi connectivity index (χ1) is 12.0. The van der Waals surface area contributed by atoms with Crippen LogP contribution in [0.1, 0.15) is 61.1 Å². The minimum atomic E-state index is 0. The number of piperidine rings is 1. The molecule has 0 atom stereocenters. The highest BCUT2D eigenvalue weighted by Crippen LogP contribution is 2.31. The first-order valence-corrected chi connectivity index (χ1v) is 10.1. The molecule has 144 valence electrons. The van der Waals surface area contributed by atoms with Crippen molar-refractivity contribution in [2.24, 2.45) is 0 Å². The molecule has 26 heavy (non-hydrogen) atoms. The molecule has 0 aromatic carbocycles. The molecule has 6 nitrogen and oxygen atoms in total. The Morgan fingerprint density at radius 2 is 1.96 bits per heavy atom. The minimum absolute atomic E-state index is 0. The van der Waals surface area contributed by atoms with Gasteiger partial charge in [0.15, 0.2) is 0 Å². The Morgan fingerprint density at radius 1 is 1.19 bits per heavy atom. The van der Waals surface area contributed by atoms with Crippen LogP contribution in [-0.2, 0) is 25.0 Å². The molecular formula is C18H29ClN6S. The number of halogens is 1. The Labute approximate surface area is 165 Å². The van der Waals surface area contributed by atoms with Gasteiger partial charge in [-0.05, 0) is 31.3 Å². The molecular weight excluding hydrogens is 368 g/mol. The lowest BCUT2D eigenvalue weighted by Crippen LogP contribution is -2.34. The fourth-order valence-electron chi connectivity index (χ4n) is 3.69. The van der Waals surface area contributed by atoms with E-state index in [1.165, 1.54) is 28.6 Å². The van der Waals surface area contributed by atoms with Crippen molar-refractivity contribution in [2.75, 3.05) is 19.6 Å². The summed E-state index contributed by atoms with van der Waals surface area (Å²) >= 11 is 1.86. The zero-order valence-corrected chi connectivity index (χ0v) is 17.5. The Kier molecular flexibility index (Phi) is 6.01. The van der Waals surface area contributed by atoms with Gasteiger partial charge in [-0.1, -0.05) is 20.8 Å². The van der Waals surface area contributed by atoms with Gasteiger partial charge in [0.1, 0.15) is 16.7 Å². The van der Waals surface area contributed by atoms with Crippen molar-refractivity contribution in [2.45, 2.75) is 64.6 Å². The molecule has 4 heterocycles. The van der Waals surface area contributed by atoms with Crippen molar-refractivity contribution in [1.29, 1.82) is 0 Å². The van der Waals surface area contributed by atoms with Crippen molar-refractivity contribution in [3.05, 3.63) is 27.7 Å². The van der Waals surface area contributed by atoms with Gasteiger partial charge in [0, 0.05) is 30.1 Å². The summed E-state index contributed by atoms with van der Waals surface area (Å²) in [4.78, 5) is 8.56. The molecule has 2 aliphatic heterocycles. The Morgan fingerprint density at radius 3 is 2.65 bits per heavy atom.